The number of H-pyrrole nitrogens is 1. The zero-order chi connectivity index (χ0) is 21.3. The molecule has 0 saturated carbocycles. The highest BCUT2D eigenvalue weighted by atomic mass is 19.1. The van der Waals surface area contributed by atoms with Crippen LogP contribution >= 0.6 is 0 Å². The molecule has 4 rings (SSSR count). The summed E-state index contributed by atoms with van der Waals surface area (Å²) in [5.74, 6) is -2.70. The molecular weight excluding hydrogens is 395 g/mol. The van der Waals surface area contributed by atoms with Crippen LogP contribution in [0, 0.1) is 17.5 Å². The molecule has 0 unspecified atom stereocenters. The third kappa shape index (κ3) is 3.93. The lowest BCUT2D eigenvalue weighted by atomic mass is 10.0. The number of rotatable bonds is 5. The minimum absolute atomic E-state index is 0.165. The zero-order valence-electron chi connectivity index (χ0n) is 15.4. The van der Waals surface area contributed by atoms with Crippen molar-refractivity contribution in [1.82, 2.24) is 10.2 Å². The van der Waals surface area contributed by atoms with Crippen LogP contribution in [-0.4, -0.2) is 22.4 Å². The van der Waals surface area contributed by atoms with Crippen LogP contribution in [0.2, 0.25) is 0 Å². The lowest BCUT2D eigenvalue weighted by Gasteiger charge is -2.06. The molecule has 4 aromatic rings. The van der Waals surface area contributed by atoms with Gasteiger partial charge < -0.3 is 5.32 Å². The summed E-state index contributed by atoms with van der Waals surface area (Å²) in [4.78, 5) is 23.4. The van der Waals surface area contributed by atoms with E-state index in [-0.39, 0.29) is 23.4 Å². The minimum Gasteiger partial charge on any atom is -0.304 e. The summed E-state index contributed by atoms with van der Waals surface area (Å²) in [6, 6.07) is 11.9. The number of aromatic nitrogens is 2. The number of aromatic amines is 1. The molecule has 1 aromatic heterocycles. The Kier molecular flexibility index (Phi) is 5.05. The van der Waals surface area contributed by atoms with Crippen LogP contribution in [0.15, 0.2) is 54.6 Å². The maximum absolute atomic E-state index is 14.0. The van der Waals surface area contributed by atoms with E-state index in [4.69, 9.17) is 0 Å². The second kappa shape index (κ2) is 7.82. The van der Waals surface area contributed by atoms with Crippen LogP contribution < -0.4 is 5.32 Å². The van der Waals surface area contributed by atoms with Crippen LogP contribution in [0.3, 0.4) is 0 Å². The van der Waals surface area contributed by atoms with Crippen molar-refractivity contribution in [1.29, 1.82) is 0 Å². The molecule has 0 saturated heterocycles. The fourth-order valence-corrected chi connectivity index (χ4v) is 3.18. The highest BCUT2D eigenvalue weighted by Crippen LogP contribution is 2.24. The second-order valence-electron chi connectivity index (χ2n) is 6.72. The van der Waals surface area contributed by atoms with Crippen molar-refractivity contribution in [2.45, 2.75) is 6.42 Å². The smallest absolute Gasteiger partial charge is 0.259 e. The normalized spacial score (nSPS) is 10.9. The second-order valence-corrected chi connectivity index (χ2v) is 6.72. The molecule has 0 spiro atoms. The summed E-state index contributed by atoms with van der Waals surface area (Å²) in [5.41, 5.74) is 1.67. The molecule has 0 aliphatic rings. The van der Waals surface area contributed by atoms with Gasteiger partial charge in [-0.15, -0.1) is 0 Å². The first-order chi connectivity index (χ1) is 14.4. The van der Waals surface area contributed by atoms with Crippen molar-refractivity contribution in [2.24, 2.45) is 0 Å². The highest BCUT2D eigenvalue weighted by molar-refractivity contribution is 6.08. The molecule has 150 valence electrons. The highest BCUT2D eigenvalue weighted by Gasteiger charge is 2.16. The van der Waals surface area contributed by atoms with Crippen molar-refractivity contribution in [3.63, 3.8) is 0 Å². The monoisotopic (exact) mass is 409 g/mol. The first-order valence-electron chi connectivity index (χ1n) is 8.91. The number of hydrogen-bond donors (Lipinski definition) is 2. The number of aldehydes is 1. The van der Waals surface area contributed by atoms with Crippen molar-refractivity contribution < 1.29 is 22.8 Å². The van der Waals surface area contributed by atoms with E-state index in [1.165, 1.54) is 18.2 Å². The molecule has 3 aromatic carbocycles. The van der Waals surface area contributed by atoms with Crippen molar-refractivity contribution in [2.75, 3.05) is 5.32 Å². The number of halogens is 3. The number of amides is 1. The van der Waals surface area contributed by atoms with Gasteiger partial charge in [-0.1, -0.05) is 6.07 Å². The first-order valence-corrected chi connectivity index (χ1v) is 8.91. The Morgan fingerprint density at radius 1 is 0.967 bits per heavy atom. The number of benzene rings is 3. The van der Waals surface area contributed by atoms with Gasteiger partial charge in [-0.25, -0.2) is 13.2 Å². The minimum atomic E-state index is -0.772. The van der Waals surface area contributed by atoms with E-state index >= 15 is 0 Å². The largest absolute Gasteiger partial charge is 0.304 e. The quantitative estimate of drug-likeness (QED) is 0.472. The van der Waals surface area contributed by atoms with Crippen LogP contribution in [0.1, 0.15) is 31.8 Å². The summed E-state index contributed by atoms with van der Waals surface area (Å²) >= 11 is 0. The molecule has 2 N–H and O–H groups in total. The Bertz CT molecular complexity index is 1260. The topological polar surface area (TPSA) is 74.8 Å². The van der Waals surface area contributed by atoms with Gasteiger partial charge in [0.1, 0.15) is 23.7 Å². The summed E-state index contributed by atoms with van der Waals surface area (Å²) in [6.45, 7) is 0. The average molecular weight is 409 g/mol. The molecule has 1 heterocycles. The molecule has 0 aliphatic carbocycles. The van der Waals surface area contributed by atoms with Gasteiger partial charge in [0.2, 0.25) is 0 Å². The number of carbonyl (C=O) groups is 2. The van der Waals surface area contributed by atoms with E-state index in [2.05, 4.69) is 15.5 Å². The van der Waals surface area contributed by atoms with Gasteiger partial charge in [-0.05, 0) is 60.0 Å². The lowest BCUT2D eigenvalue weighted by molar-refractivity contribution is 0.102. The van der Waals surface area contributed by atoms with Gasteiger partial charge >= 0.3 is 0 Å². The van der Waals surface area contributed by atoms with Gasteiger partial charge in [0.25, 0.3) is 5.91 Å². The van der Waals surface area contributed by atoms with Crippen molar-refractivity contribution in [3.8, 4) is 0 Å². The zero-order valence-corrected chi connectivity index (χ0v) is 15.4. The van der Waals surface area contributed by atoms with Crippen LogP contribution in [-0.2, 0) is 6.42 Å². The molecule has 0 bridgehead atoms. The molecule has 0 fully saturated rings. The van der Waals surface area contributed by atoms with E-state index in [9.17, 15) is 22.8 Å². The van der Waals surface area contributed by atoms with E-state index in [1.807, 2.05) is 0 Å². The fourth-order valence-electron chi connectivity index (χ4n) is 3.18. The van der Waals surface area contributed by atoms with E-state index in [1.54, 1.807) is 18.2 Å². The molecular formula is C22H14F3N3O2. The van der Waals surface area contributed by atoms with Crippen molar-refractivity contribution in [3.05, 3.63) is 94.3 Å². The Labute approximate surface area is 168 Å². The molecule has 0 atom stereocenters. The summed E-state index contributed by atoms with van der Waals surface area (Å²) in [7, 11) is 0. The van der Waals surface area contributed by atoms with Gasteiger partial charge in [0.05, 0.1) is 11.1 Å². The number of fused-ring (bicyclic) bond motifs is 1. The number of nitrogens with zero attached hydrogens (tertiary/aromatic N) is 1. The molecule has 0 radical (unpaired) electrons. The number of nitrogens with one attached hydrogen (secondary N) is 2. The third-order valence-electron chi connectivity index (χ3n) is 4.56. The SMILES string of the molecule is O=Cc1ccc(F)c(C(=O)Nc2n[nH]c3ccc(Cc4cc(F)cc(F)c4)cc23)c1. The van der Waals surface area contributed by atoms with Gasteiger partial charge in [-0.3, -0.25) is 14.7 Å². The Balaban J connectivity index is 1.63. The van der Waals surface area contributed by atoms with Gasteiger partial charge in [0.15, 0.2) is 5.82 Å². The predicted octanol–water partition coefficient (Wildman–Crippen LogP) is 4.64. The van der Waals surface area contributed by atoms with E-state index in [0.717, 1.165) is 23.8 Å². The van der Waals surface area contributed by atoms with Crippen LogP contribution in [0.5, 0.6) is 0 Å². The van der Waals surface area contributed by atoms with E-state index < -0.39 is 23.4 Å². The summed E-state index contributed by atoms with van der Waals surface area (Å²) in [5, 5.41) is 9.87. The Morgan fingerprint density at radius 2 is 1.73 bits per heavy atom. The maximum Gasteiger partial charge on any atom is 0.259 e. The standard InChI is InChI=1S/C22H14F3N3O2/c23-15-6-14(7-16(24)10-15)5-12-2-4-20-18(8-12)21(28-27-20)26-22(30)17-9-13(11-29)1-3-19(17)25/h1-4,6-11H,5H2,(H2,26,27,28,30). The molecule has 8 heteroatoms. The van der Waals surface area contributed by atoms with Crippen LogP contribution in [0.25, 0.3) is 10.9 Å². The molecule has 0 aliphatic heterocycles. The summed E-state index contributed by atoms with van der Waals surface area (Å²) < 4.78 is 40.9. The average Bonchev–Trinajstić information content (AvgIpc) is 3.09. The number of hydrogen-bond acceptors (Lipinski definition) is 3. The number of carbonyl (C=O) groups excluding carboxylic acids is 2. The molecule has 1 amide bonds. The fraction of sp³-hybridized carbons (Fsp3) is 0.0455. The molecule has 30 heavy (non-hydrogen) atoms. The predicted molar refractivity (Wildman–Crippen MR) is 105 cm³/mol. The van der Waals surface area contributed by atoms with E-state index in [0.29, 0.717) is 22.8 Å². The lowest BCUT2D eigenvalue weighted by Crippen LogP contribution is -2.14. The van der Waals surface area contributed by atoms with Crippen molar-refractivity contribution >= 4 is 28.9 Å². The number of anilines is 1. The van der Waals surface area contributed by atoms with Crippen LogP contribution in [0.4, 0.5) is 19.0 Å². The van der Waals surface area contributed by atoms with Gasteiger partial charge in [0, 0.05) is 17.0 Å². The first kappa shape index (κ1) is 19.4. The van der Waals surface area contributed by atoms with Gasteiger partial charge in [-0.2, -0.15) is 5.10 Å². The Morgan fingerprint density at radius 3 is 2.47 bits per heavy atom. The Hall–Kier alpha value is -3.94. The summed E-state index contributed by atoms with van der Waals surface area (Å²) in [6.07, 6.45) is 0.779. The molecule has 5 nitrogen and oxygen atoms in total. The maximum atomic E-state index is 14.0. The third-order valence-corrected chi connectivity index (χ3v) is 4.56.